The molecule has 1 fully saturated rings. The fourth-order valence-electron chi connectivity index (χ4n) is 2.83. The minimum absolute atomic E-state index is 0.0284. The van der Waals surface area contributed by atoms with Gasteiger partial charge in [-0.25, -0.2) is 4.98 Å². The van der Waals surface area contributed by atoms with E-state index in [0.29, 0.717) is 0 Å². The largest absolute Gasteiger partial charge is 0.369 e. The summed E-state index contributed by atoms with van der Waals surface area (Å²) in [5.41, 5.74) is 3.51. The molecule has 0 saturated carbocycles. The summed E-state index contributed by atoms with van der Waals surface area (Å²) >= 11 is 0. The van der Waals surface area contributed by atoms with Crippen LogP contribution in [0.15, 0.2) is 24.4 Å². The molecule has 0 radical (unpaired) electrons. The fourth-order valence-corrected chi connectivity index (χ4v) is 2.83. The molecule has 3 rings (SSSR count). The van der Waals surface area contributed by atoms with Crippen LogP contribution in [0, 0.1) is 6.92 Å². The molecule has 0 aliphatic carbocycles. The molecule has 2 aromatic rings. The number of morpholine rings is 1. The van der Waals surface area contributed by atoms with E-state index in [9.17, 15) is 0 Å². The number of hydrogen-bond donors (Lipinski definition) is 0. The molecule has 1 atom stereocenters. The van der Waals surface area contributed by atoms with Gasteiger partial charge in [0, 0.05) is 52.0 Å². The number of hydrogen-bond acceptors (Lipinski definition) is 5. The van der Waals surface area contributed by atoms with Crippen molar-refractivity contribution in [2.24, 2.45) is 7.05 Å². The standard InChI is InChI=1S/C17H25N5O/c1-13-14(10-18-21(13)4)11-22-8-9-23-16(12-22)15-6-5-7-17(19-15)20(2)3/h5-7,10,16H,8-9,11-12H2,1-4H3/t16-/m1/s1. The lowest BCUT2D eigenvalue weighted by Crippen LogP contribution is -2.38. The van der Waals surface area contributed by atoms with Gasteiger partial charge in [0.2, 0.25) is 0 Å². The van der Waals surface area contributed by atoms with Gasteiger partial charge in [-0.05, 0) is 19.1 Å². The molecule has 6 nitrogen and oxygen atoms in total. The number of rotatable bonds is 4. The van der Waals surface area contributed by atoms with E-state index >= 15 is 0 Å². The molecule has 1 saturated heterocycles. The molecule has 23 heavy (non-hydrogen) atoms. The van der Waals surface area contributed by atoms with Crippen LogP contribution in [0.5, 0.6) is 0 Å². The van der Waals surface area contributed by atoms with Crippen LogP contribution in [-0.4, -0.2) is 53.5 Å². The maximum atomic E-state index is 5.96. The Morgan fingerprint density at radius 2 is 2.17 bits per heavy atom. The lowest BCUT2D eigenvalue weighted by molar-refractivity contribution is -0.0350. The van der Waals surface area contributed by atoms with Gasteiger partial charge in [-0.1, -0.05) is 6.07 Å². The molecule has 6 heteroatoms. The minimum Gasteiger partial charge on any atom is -0.369 e. The Morgan fingerprint density at radius 3 is 2.87 bits per heavy atom. The molecule has 1 aliphatic heterocycles. The molecular weight excluding hydrogens is 290 g/mol. The van der Waals surface area contributed by atoms with Crippen molar-refractivity contribution in [2.75, 3.05) is 38.7 Å². The van der Waals surface area contributed by atoms with E-state index < -0.39 is 0 Å². The maximum absolute atomic E-state index is 5.96. The number of aryl methyl sites for hydroxylation is 1. The van der Waals surface area contributed by atoms with Crippen molar-refractivity contribution in [1.82, 2.24) is 19.7 Å². The second-order valence-electron chi connectivity index (χ2n) is 6.29. The topological polar surface area (TPSA) is 46.4 Å². The Bertz CT molecular complexity index is 667. The summed E-state index contributed by atoms with van der Waals surface area (Å²) < 4.78 is 7.88. The van der Waals surface area contributed by atoms with E-state index in [1.54, 1.807) is 0 Å². The van der Waals surface area contributed by atoms with Crippen LogP contribution in [0.4, 0.5) is 5.82 Å². The molecule has 0 unspecified atom stereocenters. The van der Waals surface area contributed by atoms with Crippen molar-refractivity contribution >= 4 is 5.82 Å². The van der Waals surface area contributed by atoms with Crippen LogP contribution in [0.1, 0.15) is 23.1 Å². The van der Waals surface area contributed by atoms with Gasteiger partial charge in [0.15, 0.2) is 0 Å². The first-order chi connectivity index (χ1) is 11.0. The zero-order valence-electron chi connectivity index (χ0n) is 14.4. The Labute approximate surface area is 137 Å². The lowest BCUT2D eigenvalue weighted by Gasteiger charge is -2.32. The van der Waals surface area contributed by atoms with Crippen molar-refractivity contribution in [3.63, 3.8) is 0 Å². The normalized spacial score (nSPS) is 19.0. The first kappa shape index (κ1) is 16.0. The van der Waals surface area contributed by atoms with E-state index in [1.165, 1.54) is 11.3 Å². The summed E-state index contributed by atoms with van der Waals surface area (Å²) in [6.07, 6.45) is 1.99. The van der Waals surface area contributed by atoms with Gasteiger partial charge in [0.25, 0.3) is 0 Å². The van der Waals surface area contributed by atoms with Crippen molar-refractivity contribution in [3.8, 4) is 0 Å². The third kappa shape index (κ3) is 3.54. The molecule has 3 heterocycles. The highest BCUT2D eigenvalue weighted by Gasteiger charge is 2.24. The maximum Gasteiger partial charge on any atom is 0.128 e. The Balaban J connectivity index is 1.71. The summed E-state index contributed by atoms with van der Waals surface area (Å²) in [6, 6.07) is 6.12. The third-order valence-electron chi connectivity index (χ3n) is 4.43. The third-order valence-corrected chi connectivity index (χ3v) is 4.43. The molecule has 124 valence electrons. The predicted molar refractivity (Wildman–Crippen MR) is 90.5 cm³/mol. The molecule has 0 bridgehead atoms. The SMILES string of the molecule is Cc1c(CN2CCO[C@@H](c3cccc(N(C)C)n3)C2)cnn1C. The van der Waals surface area contributed by atoms with Gasteiger partial charge >= 0.3 is 0 Å². The second kappa shape index (κ2) is 6.68. The first-order valence-corrected chi connectivity index (χ1v) is 8.00. The van der Waals surface area contributed by atoms with Crippen molar-refractivity contribution < 1.29 is 4.74 Å². The molecule has 2 aromatic heterocycles. The zero-order valence-corrected chi connectivity index (χ0v) is 14.4. The van der Waals surface area contributed by atoms with E-state index in [2.05, 4.69) is 23.0 Å². The molecule has 1 aliphatic rings. The molecule has 0 aromatic carbocycles. The predicted octanol–water partition coefficient (Wildman–Crippen LogP) is 1.76. The van der Waals surface area contributed by atoms with Crippen LogP contribution >= 0.6 is 0 Å². The molecular formula is C17H25N5O. The quantitative estimate of drug-likeness (QED) is 0.860. The second-order valence-corrected chi connectivity index (χ2v) is 6.29. The van der Waals surface area contributed by atoms with Crippen molar-refractivity contribution in [3.05, 3.63) is 41.3 Å². The highest BCUT2D eigenvalue weighted by molar-refractivity contribution is 5.37. The van der Waals surface area contributed by atoms with E-state index in [-0.39, 0.29) is 6.10 Å². The fraction of sp³-hybridized carbons (Fsp3) is 0.529. The van der Waals surface area contributed by atoms with E-state index in [1.807, 2.05) is 49.1 Å². The van der Waals surface area contributed by atoms with Gasteiger partial charge in [-0.15, -0.1) is 0 Å². The van der Waals surface area contributed by atoms with Gasteiger partial charge in [0.05, 0.1) is 18.5 Å². The summed E-state index contributed by atoms with van der Waals surface area (Å²) in [7, 11) is 5.99. The number of anilines is 1. The lowest BCUT2D eigenvalue weighted by atomic mass is 10.1. The van der Waals surface area contributed by atoms with Crippen LogP contribution in [0.3, 0.4) is 0 Å². The number of aromatic nitrogens is 3. The Kier molecular flexibility index (Phi) is 4.63. The van der Waals surface area contributed by atoms with Crippen LogP contribution in [-0.2, 0) is 18.3 Å². The number of pyridine rings is 1. The molecule has 0 amide bonds. The summed E-state index contributed by atoms with van der Waals surface area (Å²) in [5, 5.41) is 4.33. The number of ether oxygens (including phenoxy) is 1. The van der Waals surface area contributed by atoms with Crippen molar-refractivity contribution in [1.29, 1.82) is 0 Å². The smallest absolute Gasteiger partial charge is 0.128 e. The van der Waals surface area contributed by atoms with Crippen molar-refractivity contribution in [2.45, 2.75) is 19.6 Å². The van der Waals surface area contributed by atoms with Crippen LogP contribution in [0.2, 0.25) is 0 Å². The summed E-state index contributed by atoms with van der Waals surface area (Å²) in [4.78, 5) is 9.15. The monoisotopic (exact) mass is 315 g/mol. The highest BCUT2D eigenvalue weighted by atomic mass is 16.5. The van der Waals surface area contributed by atoms with Gasteiger partial charge in [-0.2, -0.15) is 5.10 Å². The zero-order chi connectivity index (χ0) is 16.4. The van der Waals surface area contributed by atoms with E-state index in [0.717, 1.165) is 37.8 Å². The number of nitrogens with zero attached hydrogens (tertiary/aromatic N) is 5. The average Bonchev–Trinajstić information content (AvgIpc) is 2.87. The Hall–Kier alpha value is -1.92. The van der Waals surface area contributed by atoms with Gasteiger partial charge < -0.3 is 9.64 Å². The molecule has 0 spiro atoms. The van der Waals surface area contributed by atoms with Crippen LogP contribution in [0.25, 0.3) is 0 Å². The summed E-state index contributed by atoms with van der Waals surface area (Å²) in [5.74, 6) is 0.964. The first-order valence-electron chi connectivity index (χ1n) is 8.00. The Morgan fingerprint density at radius 1 is 1.35 bits per heavy atom. The highest BCUT2D eigenvalue weighted by Crippen LogP contribution is 2.24. The average molecular weight is 315 g/mol. The van der Waals surface area contributed by atoms with Gasteiger partial charge in [0.1, 0.15) is 11.9 Å². The minimum atomic E-state index is 0.0284. The van der Waals surface area contributed by atoms with Crippen LogP contribution < -0.4 is 4.90 Å². The van der Waals surface area contributed by atoms with E-state index in [4.69, 9.17) is 9.72 Å². The van der Waals surface area contributed by atoms with Gasteiger partial charge in [-0.3, -0.25) is 9.58 Å². The summed E-state index contributed by atoms with van der Waals surface area (Å²) in [6.45, 7) is 5.56. The molecule has 0 N–H and O–H groups in total.